The number of carbonyl (C=O) groups excluding carboxylic acids is 1. The zero-order chi connectivity index (χ0) is 15.7. The molecule has 1 aliphatic rings. The highest BCUT2D eigenvalue weighted by molar-refractivity contribution is 7.88. The van der Waals surface area contributed by atoms with E-state index in [1.165, 1.54) is 21.7 Å². The van der Waals surface area contributed by atoms with E-state index in [1.54, 1.807) is 6.08 Å². The number of fused-ring (bicyclic) bond motifs is 1. The number of amides is 1. The number of nitrogens with zero attached hydrogens (tertiary/aromatic N) is 2. The summed E-state index contributed by atoms with van der Waals surface area (Å²) >= 11 is 1.53. The van der Waals surface area contributed by atoms with E-state index in [1.807, 2.05) is 17.5 Å². The van der Waals surface area contributed by atoms with Gasteiger partial charge in [0.15, 0.2) is 5.82 Å². The average molecular weight is 338 g/mol. The van der Waals surface area contributed by atoms with Crippen LogP contribution in [0.15, 0.2) is 23.6 Å². The number of carbonyl (C=O) groups is 1. The number of thiophene rings is 1. The normalized spacial score (nSPS) is 15.3. The monoisotopic (exact) mass is 338 g/mol. The van der Waals surface area contributed by atoms with Crippen molar-refractivity contribution in [1.29, 1.82) is 0 Å². The van der Waals surface area contributed by atoms with Gasteiger partial charge in [-0.15, -0.1) is 11.3 Å². The Balaban J connectivity index is 1.70. The Bertz CT molecular complexity index is 822. The summed E-state index contributed by atoms with van der Waals surface area (Å²) in [7, 11) is -3.26. The molecule has 0 aliphatic carbocycles. The molecule has 9 heteroatoms. The summed E-state index contributed by atoms with van der Waals surface area (Å²) < 4.78 is 24.4. The minimum absolute atomic E-state index is 0.217. The molecular weight excluding hydrogens is 324 g/mol. The molecule has 0 saturated heterocycles. The van der Waals surface area contributed by atoms with Crippen molar-refractivity contribution in [2.24, 2.45) is 0 Å². The molecule has 0 spiro atoms. The molecular formula is C13H14N4O3S2. The van der Waals surface area contributed by atoms with E-state index in [2.05, 4.69) is 15.5 Å². The van der Waals surface area contributed by atoms with E-state index in [-0.39, 0.29) is 19.0 Å². The molecule has 0 saturated carbocycles. The first-order valence-corrected chi connectivity index (χ1v) is 9.20. The lowest BCUT2D eigenvalue weighted by Gasteiger charge is -2.11. The van der Waals surface area contributed by atoms with E-state index in [4.69, 9.17) is 0 Å². The summed E-state index contributed by atoms with van der Waals surface area (Å²) in [5.41, 5.74) is 1.42. The van der Waals surface area contributed by atoms with Gasteiger partial charge in [-0.05, 0) is 17.5 Å². The summed E-state index contributed by atoms with van der Waals surface area (Å²) in [5.74, 6) is 0.0717. The lowest BCUT2D eigenvalue weighted by molar-refractivity contribution is -0.111. The van der Waals surface area contributed by atoms with Crippen LogP contribution in [0.1, 0.15) is 16.1 Å². The second-order valence-electron chi connectivity index (χ2n) is 4.90. The lowest BCUT2D eigenvalue weighted by atomic mass is 10.3. The first kappa shape index (κ1) is 14.9. The quantitative estimate of drug-likeness (QED) is 0.824. The maximum Gasteiger partial charge on any atom is 0.249 e. The van der Waals surface area contributed by atoms with Crippen LogP contribution in [0.5, 0.6) is 0 Å². The van der Waals surface area contributed by atoms with Crippen LogP contribution in [0.4, 0.5) is 5.82 Å². The van der Waals surface area contributed by atoms with Gasteiger partial charge in [0.25, 0.3) is 0 Å². The molecule has 2 N–H and O–H groups in total. The number of sulfonamides is 1. The molecule has 1 amide bonds. The topological polar surface area (TPSA) is 95.2 Å². The largest absolute Gasteiger partial charge is 0.305 e. The zero-order valence-corrected chi connectivity index (χ0v) is 13.4. The number of H-pyrrole nitrogens is 1. The Kier molecular flexibility index (Phi) is 3.85. The smallest absolute Gasteiger partial charge is 0.249 e. The Morgan fingerprint density at radius 2 is 2.32 bits per heavy atom. The van der Waals surface area contributed by atoms with Gasteiger partial charge in [0.05, 0.1) is 18.5 Å². The van der Waals surface area contributed by atoms with Gasteiger partial charge in [-0.2, -0.15) is 9.40 Å². The van der Waals surface area contributed by atoms with Gasteiger partial charge in [0, 0.05) is 23.1 Å². The Labute approximate surface area is 131 Å². The fourth-order valence-corrected chi connectivity index (χ4v) is 3.50. The minimum Gasteiger partial charge on any atom is -0.305 e. The summed E-state index contributed by atoms with van der Waals surface area (Å²) in [4.78, 5) is 12.9. The van der Waals surface area contributed by atoms with Gasteiger partial charge in [-0.1, -0.05) is 6.07 Å². The highest BCUT2D eigenvalue weighted by Crippen LogP contribution is 2.28. The molecule has 2 aromatic heterocycles. The van der Waals surface area contributed by atoms with Crippen molar-refractivity contribution in [3.63, 3.8) is 0 Å². The van der Waals surface area contributed by atoms with Gasteiger partial charge in [0.2, 0.25) is 15.9 Å². The Morgan fingerprint density at radius 3 is 3.00 bits per heavy atom. The van der Waals surface area contributed by atoms with Crippen LogP contribution in [0.25, 0.3) is 6.08 Å². The molecule has 7 nitrogen and oxygen atoms in total. The minimum atomic E-state index is -3.26. The molecule has 2 aromatic rings. The standard InChI is InChI=1S/C13H14N4O3S2/c1-22(19,20)17-7-10-11(8-17)15-16-13(10)14-12(18)5-4-9-3-2-6-21-9/h2-6H,7-8H2,1H3,(H2,14,15,16,18). The van der Waals surface area contributed by atoms with E-state index in [0.717, 1.165) is 11.1 Å². The number of aromatic nitrogens is 2. The molecule has 3 heterocycles. The van der Waals surface area contributed by atoms with Crippen molar-refractivity contribution in [1.82, 2.24) is 14.5 Å². The van der Waals surface area contributed by atoms with Crippen molar-refractivity contribution in [2.75, 3.05) is 11.6 Å². The molecule has 0 unspecified atom stereocenters. The summed E-state index contributed by atoms with van der Waals surface area (Å²) in [6, 6.07) is 3.81. The molecule has 116 valence electrons. The first-order valence-electron chi connectivity index (χ1n) is 6.47. The number of nitrogens with one attached hydrogen (secondary N) is 2. The highest BCUT2D eigenvalue weighted by atomic mass is 32.2. The number of aromatic amines is 1. The van der Waals surface area contributed by atoms with Gasteiger partial charge < -0.3 is 5.32 Å². The molecule has 0 fully saturated rings. The maximum absolute atomic E-state index is 11.9. The number of hydrogen-bond acceptors (Lipinski definition) is 5. The molecule has 1 aliphatic heterocycles. The third-order valence-electron chi connectivity index (χ3n) is 3.27. The predicted octanol–water partition coefficient (Wildman–Crippen LogP) is 1.40. The van der Waals surface area contributed by atoms with E-state index < -0.39 is 10.0 Å². The highest BCUT2D eigenvalue weighted by Gasteiger charge is 2.30. The molecule has 0 radical (unpaired) electrons. The fourth-order valence-electron chi connectivity index (χ4n) is 2.15. The predicted molar refractivity (Wildman–Crippen MR) is 84.7 cm³/mol. The van der Waals surface area contributed by atoms with Crippen molar-refractivity contribution in [3.05, 3.63) is 39.7 Å². The molecule has 0 aromatic carbocycles. The van der Waals surface area contributed by atoms with E-state index in [0.29, 0.717) is 17.1 Å². The molecule has 3 rings (SSSR count). The van der Waals surface area contributed by atoms with Crippen molar-refractivity contribution in [3.8, 4) is 0 Å². The Morgan fingerprint density at radius 1 is 1.50 bits per heavy atom. The fraction of sp³-hybridized carbons (Fsp3) is 0.231. The van der Waals surface area contributed by atoms with Crippen molar-refractivity contribution < 1.29 is 13.2 Å². The first-order chi connectivity index (χ1) is 10.4. The number of anilines is 1. The summed E-state index contributed by atoms with van der Waals surface area (Å²) in [6.45, 7) is 0.469. The zero-order valence-electron chi connectivity index (χ0n) is 11.7. The summed E-state index contributed by atoms with van der Waals surface area (Å²) in [5, 5.41) is 11.4. The van der Waals surface area contributed by atoms with Crippen LogP contribution in [-0.4, -0.2) is 35.1 Å². The van der Waals surface area contributed by atoms with E-state index in [9.17, 15) is 13.2 Å². The molecule has 0 atom stereocenters. The van der Waals surface area contributed by atoms with Gasteiger partial charge in [0.1, 0.15) is 0 Å². The van der Waals surface area contributed by atoms with E-state index >= 15 is 0 Å². The van der Waals surface area contributed by atoms with Gasteiger partial charge in [-0.25, -0.2) is 8.42 Å². The van der Waals surface area contributed by atoms with Gasteiger partial charge >= 0.3 is 0 Å². The van der Waals surface area contributed by atoms with Crippen LogP contribution in [0.3, 0.4) is 0 Å². The average Bonchev–Trinajstić information content (AvgIpc) is 3.13. The van der Waals surface area contributed by atoms with Crippen molar-refractivity contribution in [2.45, 2.75) is 13.1 Å². The molecule has 0 bridgehead atoms. The second-order valence-corrected chi connectivity index (χ2v) is 7.86. The summed E-state index contributed by atoms with van der Waals surface area (Å²) in [6.07, 6.45) is 4.31. The number of hydrogen-bond donors (Lipinski definition) is 2. The van der Waals surface area contributed by atoms with Crippen molar-refractivity contribution >= 4 is 39.2 Å². The SMILES string of the molecule is CS(=O)(=O)N1Cc2[nH]nc(NC(=O)C=Cc3cccs3)c2C1. The maximum atomic E-state index is 11.9. The lowest BCUT2D eigenvalue weighted by Crippen LogP contribution is -2.24. The third kappa shape index (κ3) is 3.11. The van der Waals surface area contributed by atoms with Crippen LogP contribution in [0.2, 0.25) is 0 Å². The molecule has 22 heavy (non-hydrogen) atoms. The van der Waals surface area contributed by atoms with Crippen LogP contribution in [-0.2, 0) is 27.9 Å². The third-order valence-corrected chi connectivity index (χ3v) is 5.31. The number of rotatable bonds is 4. The van der Waals surface area contributed by atoms with Crippen LogP contribution < -0.4 is 5.32 Å². The second kappa shape index (κ2) is 5.67. The Hall–Kier alpha value is -1.97. The van der Waals surface area contributed by atoms with Crippen LogP contribution >= 0.6 is 11.3 Å². The van der Waals surface area contributed by atoms with Crippen LogP contribution in [0, 0.1) is 0 Å². The van der Waals surface area contributed by atoms with Gasteiger partial charge in [-0.3, -0.25) is 9.89 Å².